The number of thiazole rings is 1. The van der Waals surface area contributed by atoms with Crippen molar-refractivity contribution in [2.24, 2.45) is 0 Å². The van der Waals surface area contributed by atoms with Crippen LogP contribution in [0, 0.1) is 0 Å². The first-order valence-electron chi connectivity index (χ1n) is 9.45. The fraction of sp³-hybridized carbons (Fsp3) is 0.474. The van der Waals surface area contributed by atoms with Crippen molar-refractivity contribution in [3.63, 3.8) is 0 Å². The van der Waals surface area contributed by atoms with E-state index in [4.69, 9.17) is 4.74 Å². The highest BCUT2D eigenvalue weighted by Gasteiger charge is 2.31. The van der Waals surface area contributed by atoms with Crippen LogP contribution >= 0.6 is 11.3 Å². The van der Waals surface area contributed by atoms with E-state index >= 15 is 0 Å². The van der Waals surface area contributed by atoms with E-state index < -0.39 is 15.3 Å². The Bertz CT molecular complexity index is 955. The molecule has 1 aromatic heterocycles. The molecule has 29 heavy (non-hydrogen) atoms. The zero-order valence-electron chi connectivity index (χ0n) is 16.8. The smallest absolute Gasteiger partial charge is 0.321 e. The molecular weight excluding hydrogens is 412 g/mol. The number of hydrogen-bond acceptors (Lipinski definition) is 6. The molecule has 8 nitrogen and oxygen atoms in total. The van der Waals surface area contributed by atoms with Crippen molar-refractivity contribution in [1.82, 2.24) is 14.6 Å². The van der Waals surface area contributed by atoms with Gasteiger partial charge >= 0.3 is 6.03 Å². The highest BCUT2D eigenvalue weighted by atomic mass is 32.2. The van der Waals surface area contributed by atoms with E-state index in [9.17, 15) is 13.2 Å². The molecule has 1 aromatic carbocycles. The maximum atomic E-state index is 12.4. The number of carbonyl (C=O) groups is 1. The fourth-order valence-corrected chi connectivity index (χ4v) is 5.35. The molecule has 0 atom stereocenters. The van der Waals surface area contributed by atoms with Crippen molar-refractivity contribution in [1.29, 1.82) is 0 Å². The zero-order valence-corrected chi connectivity index (χ0v) is 18.4. The van der Waals surface area contributed by atoms with Gasteiger partial charge in [0.15, 0.2) is 5.13 Å². The molecule has 2 amide bonds. The van der Waals surface area contributed by atoms with Crippen LogP contribution in [0.15, 0.2) is 24.3 Å². The van der Waals surface area contributed by atoms with Crippen molar-refractivity contribution >= 4 is 32.5 Å². The van der Waals surface area contributed by atoms with Crippen molar-refractivity contribution in [3.8, 4) is 5.75 Å². The third-order valence-electron chi connectivity index (χ3n) is 4.73. The van der Waals surface area contributed by atoms with Crippen LogP contribution in [0.4, 0.5) is 9.93 Å². The average molecular weight is 439 g/mol. The van der Waals surface area contributed by atoms with Crippen LogP contribution in [0.1, 0.15) is 30.0 Å². The Morgan fingerprint density at radius 3 is 2.69 bits per heavy atom. The van der Waals surface area contributed by atoms with Gasteiger partial charge in [0.05, 0.1) is 18.1 Å². The molecule has 0 unspecified atom stereocenters. The van der Waals surface area contributed by atoms with Gasteiger partial charge in [-0.2, -0.15) is 4.31 Å². The Labute approximate surface area is 175 Å². The molecule has 0 fully saturated rings. The minimum atomic E-state index is -3.29. The van der Waals surface area contributed by atoms with Crippen LogP contribution in [0.5, 0.6) is 5.75 Å². The predicted molar refractivity (Wildman–Crippen MR) is 114 cm³/mol. The summed E-state index contributed by atoms with van der Waals surface area (Å²) in [7, 11) is -1.67. The summed E-state index contributed by atoms with van der Waals surface area (Å²) in [5.74, 6) is 0.798. The molecule has 158 valence electrons. The van der Waals surface area contributed by atoms with Gasteiger partial charge in [-0.15, -0.1) is 0 Å². The van der Waals surface area contributed by atoms with Gasteiger partial charge in [0.25, 0.3) is 0 Å². The molecule has 0 spiro atoms. The molecule has 2 N–H and O–H groups in total. The topological polar surface area (TPSA) is 101 Å². The van der Waals surface area contributed by atoms with Crippen LogP contribution in [0.25, 0.3) is 0 Å². The largest absolute Gasteiger partial charge is 0.497 e. The second kappa shape index (κ2) is 9.10. The molecule has 1 aliphatic heterocycles. The summed E-state index contributed by atoms with van der Waals surface area (Å²) in [5.41, 5.74) is 1.96. The number of ether oxygens (including phenoxy) is 1. The van der Waals surface area contributed by atoms with Crippen LogP contribution in [0.2, 0.25) is 0 Å². The van der Waals surface area contributed by atoms with E-state index in [1.54, 1.807) is 21.0 Å². The van der Waals surface area contributed by atoms with E-state index in [1.807, 2.05) is 24.3 Å². The molecule has 0 bridgehead atoms. The third kappa shape index (κ3) is 5.26. The second-order valence-electron chi connectivity index (χ2n) is 7.05. The minimum Gasteiger partial charge on any atom is -0.497 e. The lowest BCUT2D eigenvalue weighted by atomic mass is 10.1. The first-order valence-corrected chi connectivity index (χ1v) is 11.8. The summed E-state index contributed by atoms with van der Waals surface area (Å²) in [6.45, 7) is 4.59. The Hall–Kier alpha value is -2.17. The molecule has 0 aliphatic carbocycles. The zero-order chi connectivity index (χ0) is 21.0. The number of rotatable bonds is 7. The molecule has 0 saturated heterocycles. The number of hydrogen-bond donors (Lipinski definition) is 2. The summed E-state index contributed by atoms with van der Waals surface area (Å²) in [4.78, 5) is 17.5. The SMILES string of the molecule is COc1ccc(CCNC(=O)Nc2nc3c(s2)CN(S(=O)(=O)C(C)C)CC3)cc1. The Morgan fingerprint density at radius 1 is 1.31 bits per heavy atom. The van der Waals surface area contributed by atoms with E-state index in [1.165, 1.54) is 15.6 Å². The Balaban J connectivity index is 1.51. The molecular formula is C19H26N4O4S2. The van der Waals surface area contributed by atoms with E-state index in [0.717, 1.165) is 21.9 Å². The number of sulfonamides is 1. The summed E-state index contributed by atoms with van der Waals surface area (Å²) < 4.78 is 31.4. The summed E-state index contributed by atoms with van der Waals surface area (Å²) in [6.07, 6.45) is 1.26. The Morgan fingerprint density at radius 2 is 2.03 bits per heavy atom. The normalized spacial score (nSPS) is 14.5. The monoisotopic (exact) mass is 438 g/mol. The van der Waals surface area contributed by atoms with Gasteiger partial charge in [-0.1, -0.05) is 23.5 Å². The number of anilines is 1. The average Bonchev–Trinajstić information content (AvgIpc) is 3.09. The summed E-state index contributed by atoms with van der Waals surface area (Å²) in [5, 5.41) is 5.60. The molecule has 2 heterocycles. The van der Waals surface area contributed by atoms with E-state index in [0.29, 0.717) is 37.6 Å². The van der Waals surface area contributed by atoms with Crippen molar-refractivity contribution < 1.29 is 17.9 Å². The number of nitrogens with one attached hydrogen (secondary N) is 2. The lowest BCUT2D eigenvalue weighted by Gasteiger charge is -2.26. The van der Waals surface area contributed by atoms with Crippen molar-refractivity contribution in [2.75, 3.05) is 25.5 Å². The molecule has 0 radical (unpaired) electrons. The third-order valence-corrected chi connectivity index (χ3v) is 7.95. The number of amides is 2. The molecule has 2 aromatic rings. The van der Waals surface area contributed by atoms with Gasteiger partial charge in [0.1, 0.15) is 5.75 Å². The fourth-order valence-electron chi connectivity index (χ4n) is 2.99. The van der Waals surface area contributed by atoms with Crippen LogP contribution < -0.4 is 15.4 Å². The second-order valence-corrected chi connectivity index (χ2v) is 10.6. The number of urea groups is 1. The summed E-state index contributed by atoms with van der Waals surface area (Å²) in [6, 6.07) is 7.38. The van der Waals surface area contributed by atoms with Crippen LogP contribution in [0.3, 0.4) is 0 Å². The molecule has 1 aliphatic rings. The Kier molecular flexibility index (Phi) is 6.76. The number of methoxy groups -OCH3 is 1. The summed E-state index contributed by atoms with van der Waals surface area (Å²) >= 11 is 1.33. The standard InChI is InChI=1S/C19H26N4O4S2/c1-13(2)29(25,26)23-11-9-16-17(12-23)28-19(21-16)22-18(24)20-10-8-14-4-6-15(27-3)7-5-14/h4-7,13H,8-12H2,1-3H3,(H2,20,21,22,24). The van der Waals surface area contributed by atoms with Gasteiger partial charge < -0.3 is 10.1 Å². The maximum Gasteiger partial charge on any atom is 0.321 e. The van der Waals surface area contributed by atoms with Crippen LogP contribution in [-0.4, -0.2) is 49.2 Å². The quantitative estimate of drug-likeness (QED) is 0.692. The highest BCUT2D eigenvalue weighted by Crippen LogP contribution is 2.30. The van der Waals surface area contributed by atoms with Crippen molar-refractivity contribution in [3.05, 3.63) is 40.4 Å². The lowest BCUT2D eigenvalue weighted by molar-refractivity contribution is 0.252. The first kappa shape index (κ1) is 21.5. The highest BCUT2D eigenvalue weighted by molar-refractivity contribution is 7.89. The van der Waals surface area contributed by atoms with Crippen LogP contribution in [-0.2, 0) is 29.4 Å². The maximum absolute atomic E-state index is 12.4. The number of fused-ring (bicyclic) bond motifs is 1. The van der Waals surface area contributed by atoms with Gasteiger partial charge in [0.2, 0.25) is 10.0 Å². The number of aromatic nitrogens is 1. The van der Waals surface area contributed by atoms with Gasteiger partial charge in [-0.05, 0) is 38.0 Å². The van der Waals surface area contributed by atoms with Gasteiger partial charge in [-0.3, -0.25) is 5.32 Å². The lowest BCUT2D eigenvalue weighted by Crippen LogP contribution is -2.39. The number of carbonyl (C=O) groups excluding carboxylic acids is 1. The van der Waals surface area contributed by atoms with E-state index in [2.05, 4.69) is 15.6 Å². The van der Waals surface area contributed by atoms with Gasteiger partial charge in [-0.25, -0.2) is 18.2 Å². The van der Waals surface area contributed by atoms with E-state index in [-0.39, 0.29) is 6.03 Å². The minimum absolute atomic E-state index is 0.314. The van der Waals surface area contributed by atoms with Gasteiger partial charge in [0, 0.05) is 30.9 Å². The van der Waals surface area contributed by atoms with Crippen molar-refractivity contribution in [2.45, 2.75) is 38.5 Å². The molecule has 0 saturated carbocycles. The molecule has 10 heteroatoms. The number of benzene rings is 1. The predicted octanol–water partition coefficient (Wildman–Crippen LogP) is 2.61. The first-order chi connectivity index (χ1) is 13.8. The molecule has 3 rings (SSSR count). The number of nitrogens with zero attached hydrogens (tertiary/aromatic N) is 2.